The van der Waals surface area contributed by atoms with Crippen molar-refractivity contribution in [3.05, 3.63) is 35.5 Å². The number of aromatic nitrogens is 2. The number of anilines is 2. The van der Waals surface area contributed by atoms with Gasteiger partial charge in [-0.05, 0) is 19.1 Å². The molecular weight excluding hydrogens is 258 g/mol. The van der Waals surface area contributed by atoms with E-state index in [4.69, 9.17) is 5.26 Å². The van der Waals surface area contributed by atoms with Crippen LogP contribution in [0.25, 0.3) is 0 Å². The summed E-state index contributed by atoms with van der Waals surface area (Å²) in [6, 6.07) is 9.75. The molecule has 0 spiro atoms. The van der Waals surface area contributed by atoms with Gasteiger partial charge in [-0.25, -0.2) is 0 Å². The van der Waals surface area contributed by atoms with E-state index in [0.29, 0.717) is 12.1 Å². The Balaban J connectivity index is 2.19. The third kappa shape index (κ3) is 3.01. The van der Waals surface area contributed by atoms with Crippen LogP contribution in [-0.2, 0) is 6.54 Å². The molecule has 0 fully saturated rings. The van der Waals surface area contributed by atoms with E-state index in [1.165, 1.54) is 11.5 Å². The van der Waals surface area contributed by atoms with Crippen LogP contribution in [0.1, 0.15) is 18.2 Å². The molecule has 1 N–H and O–H groups in total. The molecule has 5 nitrogen and oxygen atoms in total. The second-order valence-electron chi connectivity index (χ2n) is 4.06. The van der Waals surface area contributed by atoms with Crippen molar-refractivity contribution in [2.24, 2.45) is 0 Å². The lowest BCUT2D eigenvalue weighted by Gasteiger charge is -2.19. The summed E-state index contributed by atoms with van der Waals surface area (Å²) in [6.45, 7) is 3.51. The Morgan fingerprint density at radius 1 is 1.42 bits per heavy atom. The van der Waals surface area contributed by atoms with E-state index in [0.717, 1.165) is 22.9 Å². The van der Waals surface area contributed by atoms with Gasteiger partial charge in [-0.1, -0.05) is 16.6 Å². The topological polar surface area (TPSA) is 64.8 Å². The zero-order valence-electron chi connectivity index (χ0n) is 10.9. The average Bonchev–Trinajstić information content (AvgIpc) is 2.86. The molecule has 1 aromatic carbocycles. The van der Waals surface area contributed by atoms with Gasteiger partial charge in [-0.2, -0.15) is 5.26 Å². The molecule has 0 saturated carbocycles. The fraction of sp³-hybridized carbons (Fsp3) is 0.308. The van der Waals surface area contributed by atoms with Crippen LogP contribution in [0.2, 0.25) is 0 Å². The van der Waals surface area contributed by atoms with Crippen molar-refractivity contribution in [3.63, 3.8) is 0 Å². The Morgan fingerprint density at radius 2 is 2.21 bits per heavy atom. The molecule has 0 aliphatic carbocycles. The normalized spacial score (nSPS) is 9.95. The van der Waals surface area contributed by atoms with E-state index in [9.17, 15) is 0 Å². The number of hydrogen-bond donors (Lipinski definition) is 1. The minimum atomic E-state index is 0.623. The van der Waals surface area contributed by atoms with Crippen molar-refractivity contribution in [1.29, 1.82) is 5.26 Å². The Morgan fingerprint density at radius 3 is 2.95 bits per heavy atom. The lowest BCUT2D eigenvalue weighted by Crippen LogP contribution is -2.18. The number of nitrogens with zero attached hydrogens (tertiary/aromatic N) is 4. The third-order valence-corrected chi connectivity index (χ3v) is 3.44. The van der Waals surface area contributed by atoms with Crippen LogP contribution in [0.4, 0.5) is 10.7 Å². The first-order chi connectivity index (χ1) is 9.26. The molecule has 0 amide bonds. The maximum absolute atomic E-state index is 9.12. The second kappa shape index (κ2) is 6.16. The Kier molecular flexibility index (Phi) is 4.31. The van der Waals surface area contributed by atoms with Crippen LogP contribution in [0, 0.1) is 11.3 Å². The van der Waals surface area contributed by atoms with Gasteiger partial charge in [0.25, 0.3) is 0 Å². The number of benzene rings is 1. The SMILES string of the molecule is CCNc1snnc1CN(C)c1ccccc1C#N. The van der Waals surface area contributed by atoms with E-state index in [1.54, 1.807) is 0 Å². The highest BCUT2D eigenvalue weighted by Gasteiger charge is 2.12. The molecule has 0 saturated heterocycles. The molecule has 0 unspecified atom stereocenters. The lowest BCUT2D eigenvalue weighted by molar-refractivity contribution is 0.871. The summed E-state index contributed by atoms with van der Waals surface area (Å²) >= 11 is 1.36. The van der Waals surface area contributed by atoms with Crippen molar-refractivity contribution in [2.45, 2.75) is 13.5 Å². The van der Waals surface area contributed by atoms with Gasteiger partial charge in [0.15, 0.2) is 0 Å². The van der Waals surface area contributed by atoms with Gasteiger partial charge in [-0.15, -0.1) is 5.10 Å². The van der Waals surface area contributed by atoms with Gasteiger partial charge >= 0.3 is 0 Å². The molecule has 6 heteroatoms. The number of nitrogens with one attached hydrogen (secondary N) is 1. The van der Waals surface area contributed by atoms with Crippen molar-refractivity contribution < 1.29 is 0 Å². The molecule has 2 rings (SSSR count). The zero-order chi connectivity index (χ0) is 13.7. The van der Waals surface area contributed by atoms with E-state index in [1.807, 2.05) is 43.1 Å². The standard InChI is InChI=1S/C13H15N5S/c1-3-15-13-11(16-17-19-13)9-18(2)12-7-5-4-6-10(12)8-14/h4-7,15H,3,9H2,1-2H3. The molecule has 0 bridgehead atoms. The van der Waals surface area contributed by atoms with Crippen LogP contribution >= 0.6 is 11.5 Å². The number of hydrogen-bond acceptors (Lipinski definition) is 6. The van der Waals surface area contributed by atoms with Crippen molar-refractivity contribution in [1.82, 2.24) is 9.59 Å². The van der Waals surface area contributed by atoms with Crippen molar-refractivity contribution in [2.75, 3.05) is 23.8 Å². The van der Waals surface area contributed by atoms with Crippen LogP contribution < -0.4 is 10.2 Å². The predicted octanol–water partition coefficient (Wildman–Crippen LogP) is 2.48. The summed E-state index contributed by atoms with van der Waals surface area (Å²) in [7, 11) is 1.95. The molecule has 0 aliphatic heterocycles. The smallest absolute Gasteiger partial charge is 0.135 e. The van der Waals surface area contributed by atoms with Gasteiger partial charge in [0.1, 0.15) is 16.8 Å². The highest BCUT2D eigenvalue weighted by molar-refractivity contribution is 7.10. The molecule has 1 heterocycles. The highest BCUT2D eigenvalue weighted by atomic mass is 32.1. The molecule has 2 aromatic rings. The van der Waals surface area contributed by atoms with Gasteiger partial charge in [0, 0.05) is 25.1 Å². The number of para-hydroxylation sites is 1. The first-order valence-electron chi connectivity index (χ1n) is 6.01. The molecule has 0 aliphatic rings. The predicted molar refractivity (Wildman–Crippen MR) is 77.3 cm³/mol. The fourth-order valence-electron chi connectivity index (χ4n) is 1.82. The molecule has 0 atom stereocenters. The number of rotatable bonds is 5. The fourth-order valence-corrected chi connectivity index (χ4v) is 2.46. The van der Waals surface area contributed by atoms with Gasteiger partial charge in [-0.3, -0.25) is 0 Å². The quantitative estimate of drug-likeness (QED) is 0.906. The lowest BCUT2D eigenvalue weighted by atomic mass is 10.2. The first-order valence-corrected chi connectivity index (χ1v) is 6.79. The maximum Gasteiger partial charge on any atom is 0.135 e. The molecule has 98 valence electrons. The summed E-state index contributed by atoms with van der Waals surface area (Å²) in [6.07, 6.45) is 0. The maximum atomic E-state index is 9.12. The molecular formula is C13H15N5S. The van der Waals surface area contributed by atoms with Crippen LogP contribution in [-0.4, -0.2) is 23.2 Å². The summed E-state index contributed by atoms with van der Waals surface area (Å²) in [5, 5.41) is 17.5. The largest absolute Gasteiger partial charge is 0.374 e. The zero-order valence-corrected chi connectivity index (χ0v) is 11.7. The molecule has 1 aromatic heterocycles. The summed E-state index contributed by atoms with van der Waals surface area (Å²) < 4.78 is 3.97. The van der Waals surface area contributed by atoms with Gasteiger partial charge in [0.2, 0.25) is 0 Å². The van der Waals surface area contributed by atoms with E-state index >= 15 is 0 Å². The minimum Gasteiger partial charge on any atom is -0.374 e. The van der Waals surface area contributed by atoms with Crippen LogP contribution in [0.5, 0.6) is 0 Å². The summed E-state index contributed by atoms with van der Waals surface area (Å²) in [4.78, 5) is 2.01. The average molecular weight is 273 g/mol. The van der Waals surface area contributed by atoms with E-state index < -0.39 is 0 Å². The Hall–Kier alpha value is -2.13. The van der Waals surface area contributed by atoms with Crippen LogP contribution in [0.15, 0.2) is 24.3 Å². The van der Waals surface area contributed by atoms with Gasteiger partial charge in [0.05, 0.1) is 17.8 Å². The van der Waals surface area contributed by atoms with E-state index in [2.05, 4.69) is 21.0 Å². The van der Waals surface area contributed by atoms with Crippen molar-refractivity contribution >= 4 is 22.2 Å². The van der Waals surface area contributed by atoms with Crippen molar-refractivity contribution in [3.8, 4) is 6.07 Å². The van der Waals surface area contributed by atoms with Crippen LogP contribution in [0.3, 0.4) is 0 Å². The Labute approximate surface area is 116 Å². The Bertz CT molecular complexity index is 587. The first kappa shape index (κ1) is 13.3. The second-order valence-corrected chi connectivity index (χ2v) is 4.82. The highest BCUT2D eigenvalue weighted by Crippen LogP contribution is 2.23. The minimum absolute atomic E-state index is 0.623. The molecule has 19 heavy (non-hydrogen) atoms. The summed E-state index contributed by atoms with van der Waals surface area (Å²) in [5.74, 6) is 0. The summed E-state index contributed by atoms with van der Waals surface area (Å²) in [5.41, 5.74) is 2.47. The van der Waals surface area contributed by atoms with E-state index in [-0.39, 0.29) is 0 Å². The monoisotopic (exact) mass is 273 g/mol. The number of nitriles is 1. The van der Waals surface area contributed by atoms with Gasteiger partial charge < -0.3 is 10.2 Å². The molecule has 0 radical (unpaired) electrons. The third-order valence-electron chi connectivity index (χ3n) is 2.72.